The van der Waals surface area contributed by atoms with Crippen molar-refractivity contribution >= 4 is 0 Å². The SMILES string of the molecule is CC(N)Cc1cccc(F)c1OC1CCCCC1. The summed E-state index contributed by atoms with van der Waals surface area (Å²) in [5.74, 6) is 0.153. The van der Waals surface area contributed by atoms with Gasteiger partial charge in [-0.05, 0) is 50.7 Å². The number of hydrogen-bond acceptors (Lipinski definition) is 2. The van der Waals surface area contributed by atoms with Crippen molar-refractivity contribution in [3.05, 3.63) is 29.6 Å². The van der Waals surface area contributed by atoms with Crippen molar-refractivity contribution < 1.29 is 9.13 Å². The molecule has 1 saturated carbocycles. The zero-order valence-electron chi connectivity index (χ0n) is 11.0. The molecule has 0 aromatic heterocycles. The van der Waals surface area contributed by atoms with Crippen molar-refractivity contribution in [3.63, 3.8) is 0 Å². The maximum atomic E-state index is 13.9. The van der Waals surface area contributed by atoms with Gasteiger partial charge in [0.15, 0.2) is 11.6 Å². The van der Waals surface area contributed by atoms with Crippen LogP contribution in [0, 0.1) is 5.82 Å². The molecule has 0 bridgehead atoms. The number of rotatable bonds is 4. The summed E-state index contributed by atoms with van der Waals surface area (Å²) in [5.41, 5.74) is 6.68. The lowest BCUT2D eigenvalue weighted by molar-refractivity contribution is 0.147. The van der Waals surface area contributed by atoms with E-state index in [1.54, 1.807) is 6.07 Å². The Morgan fingerprint density at radius 1 is 1.33 bits per heavy atom. The minimum absolute atomic E-state index is 0.0144. The summed E-state index contributed by atoms with van der Waals surface area (Å²) in [7, 11) is 0. The number of halogens is 1. The minimum atomic E-state index is -0.265. The van der Waals surface area contributed by atoms with E-state index in [1.165, 1.54) is 25.3 Å². The van der Waals surface area contributed by atoms with E-state index in [2.05, 4.69) is 0 Å². The summed E-state index contributed by atoms with van der Waals surface area (Å²) < 4.78 is 19.8. The van der Waals surface area contributed by atoms with Gasteiger partial charge in [0.1, 0.15) is 0 Å². The van der Waals surface area contributed by atoms with Gasteiger partial charge in [-0.25, -0.2) is 4.39 Å². The first kappa shape index (κ1) is 13.3. The van der Waals surface area contributed by atoms with E-state index < -0.39 is 0 Å². The second-order valence-corrected chi connectivity index (χ2v) is 5.29. The molecule has 0 amide bonds. The van der Waals surface area contributed by atoms with Gasteiger partial charge in [-0.3, -0.25) is 0 Å². The van der Waals surface area contributed by atoms with Gasteiger partial charge in [0, 0.05) is 6.04 Å². The zero-order valence-corrected chi connectivity index (χ0v) is 11.0. The van der Waals surface area contributed by atoms with Gasteiger partial charge >= 0.3 is 0 Å². The highest BCUT2D eigenvalue weighted by Crippen LogP contribution is 2.29. The highest BCUT2D eigenvalue weighted by atomic mass is 19.1. The van der Waals surface area contributed by atoms with Crippen LogP contribution in [-0.2, 0) is 6.42 Å². The Balaban J connectivity index is 2.13. The molecule has 1 unspecified atom stereocenters. The van der Waals surface area contributed by atoms with Crippen molar-refractivity contribution in [2.75, 3.05) is 0 Å². The van der Waals surface area contributed by atoms with E-state index in [0.29, 0.717) is 12.2 Å². The molecule has 1 aliphatic rings. The molecule has 1 atom stereocenters. The predicted molar refractivity (Wildman–Crippen MR) is 71.3 cm³/mol. The highest BCUT2D eigenvalue weighted by molar-refractivity contribution is 5.35. The number of hydrogen-bond donors (Lipinski definition) is 1. The maximum Gasteiger partial charge on any atom is 0.165 e. The van der Waals surface area contributed by atoms with Gasteiger partial charge in [-0.15, -0.1) is 0 Å². The molecule has 1 fully saturated rings. The first-order valence-electron chi connectivity index (χ1n) is 6.86. The van der Waals surface area contributed by atoms with Gasteiger partial charge in [0.05, 0.1) is 6.10 Å². The lowest BCUT2D eigenvalue weighted by Crippen LogP contribution is -2.23. The average Bonchev–Trinajstić information content (AvgIpc) is 2.34. The Hall–Kier alpha value is -1.09. The van der Waals surface area contributed by atoms with E-state index in [4.69, 9.17) is 10.5 Å². The summed E-state index contributed by atoms with van der Waals surface area (Å²) in [4.78, 5) is 0. The van der Waals surface area contributed by atoms with Gasteiger partial charge < -0.3 is 10.5 Å². The summed E-state index contributed by atoms with van der Waals surface area (Å²) in [6, 6.07) is 5.11. The van der Waals surface area contributed by atoms with Crippen molar-refractivity contribution in [2.24, 2.45) is 5.73 Å². The molecule has 2 rings (SSSR count). The molecular weight excluding hydrogens is 229 g/mol. The van der Waals surface area contributed by atoms with Gasteiger partial charge in [0.2, 0.25) is 0 Å². The van der Waals surface area contributed by atoms with E-state index >= 15 is 0 Å². The summed E-state index contributed by atoms with van der Waals surface area (Å²) in [6.07, 6.45) is 6.52. The molecule has 2 nitrogen and oxygen atoms in total. The smallest absolute Gasteiger partial charge is 0.165 e. The largest absolute Gasteiger partial charge is 0.487 e. The first-order valence-corrected chi connectivity index (χ1v) is 6.86. The van der Waals surface area contributed by atoms with Crippen molar-refractivity contribution in [3.8, 4) is 5.75 Å². The number of nitrogens with two attached hydrogens (primary N) is 1. The van der Waals surface area contributed by atoms with Crippen LogP contribution in [0.25, 0.3) is 0 Å². The third-order valence-electron chi connectivity index (χ3n) is 3.43. The van der Waals surface area contributed by atoms with E-state index in [-0.39, 0.29) is 18.0 Å². The third-order valence-corrected chi connectivity index (χ3v) is 3.43. The molecule has 0 heterocycles. The van der Waals surface area contributed by atoms with Gasteiger partial charge in [0.25, 0.3) is 0 Å². The van der Waals surface area contributed by atoms with Crippen LogP contribution >= 0.6 is 0 Å². The molecule has 2 N–H and O–H groups in total. The Labute approximate surface area is 108 Å². The topological polar surface area (TPSA) is 35.2 Å². The first-order chi connectivity index (χ1) is 8.66. The normalized spacial score (nSPS) is 18.6. The monoisotopic (exact) mass is 251 g/mol. The van der Waals surface area contributed by atoms with Crippen LogP contribution < -0.4 is 10.5 Å². The molecule has 0 saturated heterocycles. The molecule has 0 spiro atoms. The van der Waals surface area contributed by atoms with Gasteiger partial charge in [-0.1, -0.05) is 18.6 Å². The summed E-state index contributed by atoms with van der Waals surface area (Å²) >= 11 is 0. The number of ether oxygens (including phenoxy) is 1. The Bertz CT molecular complexity index is 386. The second-order valence-electron chi connectivity index (χ2n) is 5.29. The van der Waals surface area contributed by atoms with Crippen LogP contribution in [-0.4, -0.2) is 12.1 Å². The fraction of sp³-hybridized carbons (Fsp3) is 0.600. The Morgan fingerprint density at radius 2 is 2.06 bits per heavy atom. The lowest BCUT2D eigenvalue weighted by Gasteiger charge is -2.25. The molecule has 3 heteroatoms. The molecule has 1 aromatic carbocycles. The third kappa shape index (κ3) is 3.45. The molecule has 1 aromatic rings. The predicted octanol–water partition coefficient (Wildman–Crippen LogP) is 3.43. The number of benzene rings is 1. The van der Waals surface area contributed by atoms with Crippen LogP contribution in [0.3, 0.4) is 0 Å². The molecule has 18 heavy (non-hydrogen) atoms. The molecule has 1 aliphatic carbocycles. The van der Waals surface area contributed by atoms with Crippen LogP contribution in [0.1, 0.15) is 44.6 Å². The van der Waals surface area contributed by atoms with Crippen LogP contribution in [0.15, 0.2) is 18.2 Å². The molecule has 0 radical (unpaired) electrons. The lowest BCUT2D eigenvalue weighted by atomic mass is 9.97. The molecular formula is C15H22FNO. The van der Waals surface area contributed by atoms with Gasteiger partial charge in [-0.2, -0.15) is 0 Å². The average molecular weight is 251 g/mol. The maximum absolute atomic E-state index is 13.9. The zero-order chi connectivity index (χ0) is 13.0. The highest BCUT2D eigenvalue weighted by Gasteiger charge is 2.19. The van der Waals surface area contributed by atoms with E-state index in [1.807, 2.05) is 13.0 Å². The minimum Gasteiger partial charge on any atom is -0.487 e. The van der Waals surface area contributed by atoms with Crippen LogP contribution in [0.4, 0.5) is 4.39 Å². The summed E-state index contributed by atoms with van der Waals surface area (Å²) in [5, 5.41) is 0. The van der Waals surface area contributed by atoms with Crippen LogP contribution in [0.2, 0.25) is 0 Å². The fourth-order valence-electron chi connectivity index (χ4n) is 2.54. The molecule has 100 valence electrons. The van der Waals surface area contributed by atoms with Crippen molar-refractivity contribution in [2.45, 2.75) is 57.6 Å². The second kappa shape index (κ2) is 6.19. The Kier molecular flexibility index (Phi) is 4.59. The Morgan fingerprint density at radius 3 is 2.72 bits per heavy atom. The van der Waals surface area contributed by atoms with E-state index in [9.17, 15) is 4.39 Å². The summed E-state index contributed by atoms with van der Waals surface area (Å²) in [6.45, 7) is 1.93. The number of para-hydroxylation sites is 1. The molecule has 0 aliphatic heterocycles. The quantitative estimate of drug-likeness (QED) is 0.889. The van der Waals surface area contributed by atoms with Crippen molar-refractivity contribution in [1.29, 1.82) is 0 Å². The standard InChI is InChI=1S/C15H22FNO/c1-11(17)10-12-6-5-9-14(16)15(12)18-13-7-3-2-4-8-13/h5-6,9,11,13H,2-4,7-8,10,17H2,1H3. The fourth-order valence-corrected chi connectivity index (χ4v) is 2.54. The van der Waals surface area contributed by atoms with E-state index in [0.717, 1.165) is 18.4 Å². The van der Waals surface area contributed by atoms with Crippen molar-refractivity contribution in [1.82, 2.24) is 0 Å². The van der Waals surface area contributed by atoms with Crippen LogP contribution in [0.5, 0.6) is 5.75 Å².